The molecule has 0 atom stereocenters. The molecule has 0 unspecified atom stereocenters. The average molecular weight is 349 g/mol. The summed E-state index contributed by atoms with van der Waals surface area (Å²) in [4.78, 5) is 4.55. The number of benzene rings is 1. The van der Waals surface area contributed by atoms with E-state index >= 15 is 0 Å². The zero-order chi connectivity index (χ0) is 17.3. The van der Waals surface area contributed by atoms with Gasteiger partial charge >= 0.3 is 0 Å². The number of hydrogen-bond acceptors (Lipinski definition) is 5. The molecule has 122 valence electrons. The molecule has 0 saturated carbocycles. The highest BCUT2D eigenvalue weighted by Gasteiger charge is 2.22. The van der Waals surface area contributed by atoms with Crippen LogP contribution >= 0.6 is 11.3 Å². The van der Waals surface area contributed by atoms with Gasteiger partial charge in [0.25, 0.3) is 0 Å². The minimum atomic E-state index is -3.45. The van der Waals surface area contributed by atoms with Gasteiger partial charge in [-0.2, -0.15) is 5.26 Å². The molecule has 0 radical (unpaired) electrons. The van der Waals surface area contributed by atoms with Crippen LogP contribution in [0.4, 0.5) is 5.69 Å². The molecule has 2 aromatic rings. The van der Waals surface area contributed by atoms with Crippen molar-refractivity contribution in [1.29, 1.82) is 5.26 Å². The third kappa shape index (κ3) is 4.30. The van der Waals surface area contributed by atoms with E-state index in [4.69, 9.17) is 5.26 Å². The van der Waals surface area contributed by atoms with Crippen LogP contribution in [0.25, 0.3) is 0 Å². The predicted molar refractivity (Wildman–Crippen MR) is 93.0 cm³/mol. The molecule has 0 spiro atoms. The Morgan fingerprint density at radius 2 is 1.87 bits per heavy atom. The maximum atomic E-state index is 12.1. The van der Waals surface area contributed by atoms with Gasteiger partial charge in [-0.3, -0.25) is 4.31 Å². The molecule has 0 aliphatic heterocycles. The number of anilines is 1. The third-order valence-electron chi connectivity index (χ3n) is 3.18. The number of nitriles is 1. The van der Waals surface area contributed by atoms with Crippen molar-refractivity contribution in [3.8, 4) is 6.07 Å². The van der Waals surface area contributed by atoms with Gasteiger partial charge < -0.3 is 0 Å². The minimum Gasteiger partial charge on any atom is -0.264 e. The fraction of sp³-hybridized carbons (Fsp3) is 0.375. The fourth-order valence-electron chi connectivity index (χ4n) is 1.97. The SMILES string of the molecule is CC(C)(C)c1nc(CN(c2ccc(C#N)cc2)S(C)(=O)=O)cs1. The van der Waals surface area contributed by atoms with Gasteiger partial charge in [0.2, 0.25) is 10.0 Å². The molecular weight excluding hydrogens is 330 g/mol. The molecule has 0 aliphatic carbocycles. The van der Waals surface area contributed by atoms with Gasteiger partial charge in [-0.25, -0.2) is 13.4 Å². The number of aromatic nitrogens is 1. The van der Waals surface area contributed by atoms with Crippen LogP contribution in [-0.4, -0.2) is 19.7 Å². The standard InChI is InChI=1S/C16H19N3O2S2/c1-16(2,3)15-18-13(11-22-15)10-19(23(4,20)21)14-7-5-12(9-17)6-8-14/h5-8,11H,10H2,1-4H3. The summed E-state index contributed by atoms with van der Waals surface area (Å²) in [5.41, 5.74) is 1.67. The number of nitrogens with zero attached hydrogens (tertiary/aromatic N) is 3. The quantitative estimate of drug-likeness (QED) is 0.849. The lowest BCUT2D eigenvalue weighted by Gasteiger charge is -2.21. The topological polar surface area (TPSA) is 74.1 Å². The summed E-state index contributed by atoms with van der Waals surface area (Å²) in [6, 6.07) is 8.51. The van der Waals surface area contributed by atoms with Crippen molar-refractivity contribution in [1.82, 2.24) is 4.98 Å². The molecule has 1 heterocycles. The van der Waals surface area contributed by atoms with Crippen LogP contribution in [0, 0.1) is 11.3 Å². The molecule has 1 aromatic carbocycles. The second-order valence-corrected chi connectivity index (χ2v) is 9.09. The molecule has 0 saturated heterocycles. The molecule has 23 heavy (non-hydrogen) atoms. The van der Waals surface area contributed by atoms with Gasteiger partial charge in [-0.15, -0.1) is 11.3 Å². The molecule has 0 amide bonds. The van der Waals surface area contributed by atoms with E-state index in [-0.39, 0.29) is 12.0 Å². The lowest BCUT2D eigenvalue weighted by Crippen LogP contribution is -2.29. The van der Waals surface area contributed by atoms with E-state index in [1.807, 2.05) is 11.4 Å². The van der Waals surface area contributed by atoms with E-state index in [1.165, 1.54) is 21.9 Å². The molecule has 0 N–H and O–H groups in total. The van der Waals surface area contributed by atoms with Crippen molar-refractivity contribution in [3.63, 3.8) is 0 Å². The largest absolute Gasteiger partial charge is 0.264 e. The maximum Gasteiger partial charge on any atom is 0.232 e. The van der Waals surface area contributed by atoms with E-state index in [9.17, 15) is 8.42 Å². The van der Waals surface area contributed by atoms with E-state index in [2.05, 4.69) is 25.8 Å². The number of thiazole rings is 1. The number of sulfonamides is 1. The Kier molecular flexibility index (Phi) is 4.78. The van der Waals surface area contributed by atoms with Crippen LogP contribution in [0.3, 0.4) is 0 Å². The van der Waals surface area contributed by atoms with Crippen molar-refractivity contribution in [2.24, 2.45) is 0 Å². The molecule has 7 heteroatoms. The normalized spacial score (nSPS) is 12.0. The van der Waals surface area contributed by atoms with Crippen LogP contribution < -0.4 is 4.31 Å². The van der Waals surface area contributed by atoms with Crippen LogP contribution in [0.1, 0.15) is 37.0 Å². The van der Waals surface area contributed by atoms with Gasteiger partial charge in [-0.05, 0) is 24.3 Å². The highest BCUT2D eigenvalue weighted by Crippen LogP contribution is 2.27. The molecule has 2 rings (SSSR count). The predicted octanol–water partition coefficient (Wildman–Crippen LogP) is 3.28. The second kappa shape index (κ2) is 6.30. The van der Waals surface area contributed by atoms with Gasteiger partial charge in [0, 0.05) is 10.8 Å². The Balaban J connectivity index is 2.33. The monoisotopic (exact) mass is 349 g/mol. The highest BCUT2D eigenvalue weighted by atomic mass is 32.2. The summed E-state index contributed by atoms with van der Waals surface area (Å²) >= 11 is 1.53. The molecule has 1 aromatic heterocycles. The minimum absolute atomic E-state index is 0.0622. The summed E-state index contributed by atoms with van der Waals surface area (Å²) in [5.74, 6) is 0. The third-order valence-corrected chi connectivity index (χ3v) is 5.64. The highest BCUT2D eigenvalue weighted by molar-refractivity contribution is 7.92. The van der Waals surface area contributed by atoms with Crippen molar-refractivity contribution in [3.05, 3.63) is 45.9 Å². The van der Waals surface area contributed by atoms with Gasteiger partial charge in [-0.1, -0.05) is 20.8 Å². The lowest BCUT2D eigenvalue weighted by molar-refractivity contribution is 0.582. The summed E-state index contributed by atoms with van der Waals surface area (Å²) in [7, 11) is -3.45. The van der Waals surface area contributed by atoms with Crippen LogP contribution in [0.2, 0.25) is 0 Å². The summed E-state index contributed by atoms with van der Waals surface area (Å²) in [6.07, 6.45) is 1.17. The Labute approximate surface area is 141 Å². The first-order valence-corrected chi connectivity index (χ1v) is 9.77. The number of hydrogen-bond donors (Lipinski definition) is 0. The smallest absolute Gasteiger partial charge is 0.232 e. The van der Waals surface area contributed by atoms with Crippen molar-refractivity contribution in [2.45, 2.75) is 32.7 Å². The van der Waals surface area contributed by atoms with E-state index in [0.717, 1.165) is 10.7 Å². The zero-order valence-electron chi connectivity index (χ0n) is 13.6. The Morgan fingerprint density at radius 1 is 1.26 bits per heavy atom. The van der Waals surface area contributed by atoms with E-state index < -0.39 is 10.0 Å². The summed E-state index contributed by atoms with van der Waals surface area (Å²) < 4.78 is 25.6. The first-order chi connectivity index (χ1) is 10.6. The zero-order valence-corrected chi connectivity index (χ0v) is 15.2. The second-order valence-electron chi connectivity index (χ2n) is 6.32. The Morgan fingerprint density at radius 3 is 2.30 bits per heavy atom. The first kappa shape index (κ1) is 17.4. The number of rotatable bonds is 4. The Hall–Kier alpha value is -1.91. The van der Waals surface area contributed by atoms with Crippen molar-refractivity contribution >= 4 is 27.0 Å². The summed E-state index contributed by atoms with van der Waals surface area (Å²) in [5, 5.41) is 11.7. The summed E-state index contributed by atoms with van der Waals surface area (Å²) in [6.45, 7) is 6.40. The van der Waals surface area contributed by atoms with Crippen LogP contribution in [0.15, 0.2) is 29.6 Å². The van der Waals surface area contributed by atoms with Crippen LogP contribution in [0.5, 0.6) is 0 Å². The van der Waals surface area contributed by atoms with E-state index in [1.54, 1.807) is 24.3 Å². The van der Waals surface area contributed by atoms with Gasteiger partial charge in [0.1, 0.15) is 0 Å². The molecule has 0 aliphatic rings. The van der Waals surface area contributed by atoms with Crippen molar-refractivity contribution < 1.29 is 8.42 Å². The fourth-order valence-corrected chi connectivity index (χ4v) is 3.74. The Bertz CT molecular complexity index is 825. The molecule has 0 bridgehead atoms. The van der Waals surface area contributed by atoms with Gasteiger partial charge in [0.15, 0.2) is 0 Å². The average Bonchev–Trinajstić information content (AvgIpc) is 2.92. The first-order valence-electron chi connectivity index (χ1n) is 7.04. The van der Waals surface area contributed by atoms with Gasteiger partial charge in [0.05, 0.1) is 40.8 Å². The van der Waals surface area contributed by atoms with E-state index in [0.29, 0.717) is 11.3 Å². The lowest BCUT2D eigenvalue weighted by atomic mass is 9.98. The van der Waals surface area contributed by atoms with Crippen LogP contribution in [-0.2, 0) is 22.0 Å². The molecule has 5 nitrogen and oxygen atoms in total. The molecular formula is C16H19N3O2S2. The molecule has 0 fully saturated rings. The van der Waals surface area contributed by atoms with Crippen molar-refractivity contribution in [2.75, 3.05) is 10.6 Å². The maximum absolute atomic E-state index is 12.1.